The van der Waals surface area contributed by atoms with E-state index in [4.69, 9.17) is 4.98 Å². The molecule has 0 saturated heterocycles. The molecule has 3 aromatic heterocycles. The predicted octanol–water partition coefficient (Wildman–Crippen LogP) is 4.21. The van der Waals surface area contributed by atoms with E-state index in [1.54, 1.807) is 29.5 Å². The molecule has 3 heterocycles. The quantitative estimate of drug-likeness (QED) is 0.599. The number of aromatic nitrogens is 3. The lowest BCUT2D eigenvalue weighted by atomic mass is 10.1. The van der Waals surface area contributed by atoms with Crippen LogP contribution >= 0.6 is 11.3 Å². The zero-order chi connectivity index (χ0) is 17.4. The Kier molecular flexibility index (Phi) is 3.82. The zero-order valence-corrected chi connectivity index (χ0v) is 14.3. The Morgan fingerprint density at radius 1 is 1.24 bits per heavy atom. The van der Waals surface area contributed by atoms with Crippen LogP contribution < -0.4 is 0 Å². The van der Waals surface area contributed by atoms with Crippen LogP contribution in [0.4, 0.5) is 0 Å². The number of hydrogen-bond donors (Lipinski definition) is 1. The lowest BCUT2D eigenvalue weighted by Crippen LogP contribution is -2.04. The van der Waals surface area contributed by atoms with E-state index >= 15 is 0 Å². The highest BCUT2D eigenvalue weighted by molar-refractivity contribution is 7.13. The Hall–Kier alpha value is -2.99. The van der Waals surface area contributed by atoms with Crippen LogP contribution in [0.3, 0.4) is 0 Å². The van der Waals surface area contributed by atoms with E-state index < -0.39 is 5.97 Å². The Labute approximate surface area is 148 Å². The van der Waals surface area contributed by atoms with Crippen molar-refractivity contribution in [2.75, 3.05) is 0 Å². The third-order valence-electron chi connectivity index (χ3n) is 3.98. The average molecular weight is 349 g/mol. The molecule has 6 heteroatoms. The number of carboxylic acid groups (broad SMARTS) is 1. The number of pyridine rings is 1. The van der Waals surface area contributed by atoms with Crippen LogP contribution in [0.5, 0.6) is 0 Å². The molecule has 124 valence electrons. The van der Waals surface area contributed by atoms with Gasteiger partial charge in [0.15, 0.2) is 11.5 Å². The fourth-order valence-corrected chi connectivity index (χ4v) is 3.56. The molecule has 0 amide bonds. The Morgan fingerprint density at radius 2 is 2.12 bits per heavy atom. The van der Waals surface area contributed by atoms with Crippen molar-refractivity contribution in [2.24, 2.45) is 0 Å². The first-order valence-electron chi connectivity index (χ1n) is 7.81. The molecule has 0 aliphatic rings. The van der Waals surface area contributed by atoms with E-state index in [0.717, 1.165) is 33.0 Å². The lowest BCUT2D eigenvalue weighted by molar-refractivity contribution is 0.0696. The smallest absolute Gasteiger partial charge is 0.335 e. The summed E-state index contributed by atoms with van der Waals surface area (Å²) in [6.45, 7) is 2.51. The minimum absolute atomic E-state index is 0.281. The first-order chi connectivity index (χ1) is 12.1. The molecule has 4 rings (SSSR count). The van der Waals surface area contributed by atoms with Gasteiger partial charge in [-0.2, -0.15) is 0 Å². The number of thiophene rings is 1. The molecule has 5 nitrogen and oxygen atoms in total. The van der Waals surface area contributed by atoms with Gasteiger partial charge in [-0.15, -0.1) is 11.3 Å². The summed E-state index contributed by atoms with van der Waals surface area (Å²) in [6, 6.07) is 13.0. The summed E-state index contributed by atoms with van der Waals surface area (Å²) in [5, 5.41) is 11.2. The highest BCUT2D eigenvalue weighted by atomic mass is 32.1. The van der Waals surface area contributed by atoms with Gasteiger partial charge >= 0.3 is 5.97 Å². The molecule has 25 heavy (non-hydrogen) atoms. The van der Waals surface area contributed by atoms with Crippen molar-refractivity contribution < 1.29 is 9.90 Å². The average Bonchev–Trinajstić information content (AvgIpc) is 3.23. The Balaban J connectivity index is 1.86. The van der Waals surface area contributed by atoms with Crippen LogP contribution in [0.2, 0.25) is 0 Å². The van der Waals surface area contributed by atoms with Gasteiger partial charge in [-0.3, -0.25) is 0 Å². The third kappa shape index (κ3) is 2.92. The number of aromatic carboxylic acids is 1. The number of nitrogens with zero attached hydrogens (tertiary/aromatic N) is 3. The van der Waals surface area contributed by atoms with E-state index in [-0.39, 0.29) is 5.56 Å². The normalized spacial score (nSPS) is 11.1. The molecule has 0 fully saturated rings. The van der Waals surface area contributed by atoms with Crippen LogP contribution in [0, 0.1) is 6.92 Å². The zero-order valence-electron chi connectivity index (χ0n) is 13.5. The maximum Gasteiger partial charge on any atom is 0.335 e. The summed E-state index contributed by atoms with van der Waals surface area (Å²) in [6.07, 6.45) is 1.83. The molecule has 1 aromatic carbocycles. The number of carboxylic acids is 1. The predicted molar refractivity (Wildman–Crippen MR) is 98.1 cm³/mol. The lowest BCUT2D eigenvalue weighted by Gasteiger charge is -2.08. The molecular weight excluding hydrogens is 334 g/mol. The summed E-state index contributed by atoms with van der Waals surface area (Å²) in [4.78, 5) is 21.6. The molecular formula is C19H15N3O2S. The van der Waals surface area contributed by atoms with E-state index in [9.17, 15) is 9.90 Å². The summed E-state index contributed by atoms with van der Waals surface area (Å²) < 4.78 is 2.04. The molecule has 0 atom stereocenters. The summed E-state index contributed by atoms with van der Waals surface area (Å²) in [5.41, 5.74) is 3.89. The van der Waals surface area contributed by atoms with Gasteiger partial charge in [-0.1, -0.05) is 18.2 Å². The number of hydrogen-bond acceptors (Lipinski definition) is 4. The van der Waals surface area contributed by atoms with E-state index in [1.807, 2.05) is 47.3 Å². The standard InChI is InChI=1S/C19H15N3O2S/c1-12-8-15-17(20-10-12)22(18(21-15)16-6-3-7-25-16)11-13-4-2-5-14(9-13)19(23)24/h2-10H,11H2,1H3,(H,23,24). The summed E-state index contributed by atoms with van der Waals surface area (Å²) in [5.74, 6) is -0.0756. The van der Waals surface area contributed by atoms with Crippen molar-refractivity contribution in [3.63, 3.8) is 0 Å². The van der Waals surface area contributed by atoms with Gasteiger partial charge in [0.1, 0.15) is 5.52 Å². The molecule has 0 saturated carbocycles. The molecule has 0 aliphatic heterocycles. The number of rotatable bonds is 4. The third-order valence-corrected chi connectivity index (χ3v) is 4.84. The largest absolute Gasteiger partial charge is 0.478 e. The van der Waals surface area contributed by atoms with Gasteiger partial charge in [0.25, 0.3) is 0 Å². The van der Waals surface area contributed by atoms with Gasteiger partial charge < -0.3 is 9.67 Å². The summed E-state index contributed by atoms with van der Waals surface area (Å²) >= 11 is 1.62. The molecule has 0 spiro atoms. The first-order valence-corrected chi connectivity index (χ1v) is 8.69. The maximum atomic E-state index is 11.2. The van der Waals surface area contributed by atoms with E-state index in [2.05, 4.69) is 4.98 Å². The molecule has 0 aliphatic carbocycles. The van der Waals surface area contributed by atoms with Crippen LogP contribution in [0.25, 0.3) is 21.9 Å². The van der Waals surface area contributed by atoms with E-state index in [1.165, 1.54) is 0 Å². The minimum atomic E-state index is -0.926. The van der Waals surface area contributed by atoms with Crippen LogP contribution in [0.15, 0.2) is 54.0 Å². The maximum absolute atomic E-state index is 11.2. The minimum Gasteiger partial charge on any atom is -0.478 e. The van der Waals surface area contributed by atoms with Gasteiger partial charge in [-0.25, -0.2) is 14.8 Å². The van der Waals surface area contributed by atoms with Crippen LogP contribution in [0.1, 0.15) is 21.5 Å². The van der Waals surface area contributed by atoms with Crippen molar-refractivity contribution in [3.05, 3.63) is 70.7 Å². The van der Waals surface area contributed by atoms with Gasteiger partial charge in [0.2, 0.25) is 0 Å². The number of fused-ring (bicyclic) bond motifs is 1. The van der Waals surface area contributed by atoms with Gasteiger partial charge in [0, 0.05) is 6.20 Å². The number of carbonyl (C=O) groups is 1. The Bertz CT molecular complexity index is 1070. The number of aryl methyl sites for hydroxylation is 1. The van der Waals surface area contributed by atoms with Gasteiger partial charge in [-0.05, 0) is 47.7 Å². The number of imidazole rings is 1. The SMILES string of the molecule is Cc1cnc2c(c1)nc(-c1cccs1)n2Cc1cccc(C(=O)O)c1. The highest BCUT2D eigenvalue weighted by Crippen LogP contribution is 2.28. The molecule has 0 radical (unpaired) electrons. The van der Waals surface area contributed by atoms with E-state index in [0.29, 0.717) is 6.54 Å². The topological polar surface area (TPSA) is 68.0 Å². The van der Waals surface area contributed by atoms with Crippen molar-refractivity contribution in [2.45, 2.75) is 13.5 Å². The fraction of sp³-hybridized carbons (Fsp3) is 0.105. The molecule has 0 bridgehead atoms. The molecule has 1 N–H and O–H groups in total. The first kappa shape index (κ1) is 15.5. The second kappa shape index (κ2) is 6.14. The second-order valence-electron chi connectivity index (χ2n) is 5.86. The van der Waals surface area contributed by atoms with Gasteiger partial charge in [0.05, 0.1) is 17.0 Å². The summed E-state index contributed by atoms with van der Waals surface area (Å²) in [7, 11) is 0. The van der Waals surface area contributed by atoms with Crippen LogP contribution in [-0.4, -0.2) is 25.6 Å². The molecule has 0 unspecified atom stereocenters. The monoisotopic (exact) mass is 349 g/mol. The number of benzene rings is 1. The van der Waals surface area contributed by atoms with Crippen LogP contribution in [-0.2, 0) is 6.54 Å². The second-order valence-corrected chi connectivity index (χ2v) is 6.81. The fourth-order valence-electron chi connectivity index (χ4n) is 2.84. The van der Waals surface area contributed by atoms with Crippen molar-refractivity contribution in [3.8, 4) is 10.7 Å². The molecule has 4 aromatic rings. The highest BCUT2D eigenvalue weighted by Gasteiger charge is 2.15. The van der Waals surface area contributed by atoms with Crippen molar-refractivity contribution >= 4 is 28.5 Å². The Morgan fingerprint density at radius 3 is 2.88 bits per heavy atom. The van der Waals surface area contributed by atoms with Crippen molar-refractivity contribution in [1.82, 2.24) is 14.5 Å². The van der Waals surface area contributed by atoms with Crippen molar-refractivity contribution in [1.29, 1.82) is 0 Å².